The summed E-state index contributed by atoms with van der Waals surface area (Å²) in [6.07, 6.45) is 0.128. The number of aromatic amines is 1. The fourth-order valence-corrected chi connectivity index (χ4v) is 2.84. The highest BCUT2D eigenvalue weighted by Gasteiger charge is 2.17. The predicted octanol–water partition coefficient (Wildman–Crippen LogP) is 2.88. The van der Waals surface area contributed by atoms with Gasteiger partial charge in [-0.25, -0.2) is 8.78 Å². The molecule has 0 aliphatic heterocycles. The molecule has 1 atom stereocenters. The number of hydrogen-bond donors (Lipinski definition) is 3. The molecule has 29 heavy (non-hydrogen) atoms. The van der Waals surface area contributed by atoms with Crippen LogP contribution in [0.25, 0.3) is 10.9 Å². The van der Waals surface area contributed by atoms with E-state index in [1.165, 1.54) is 37.3 Å². The van der Waals surface area contributed by atoms with E-state index in [4.69, 9.17) is 0 Å². The second kappa shape index (κ2) is 8.64. The molecule has 3 rings (SSSR count). The second-order valence-corrected chi connectivity index (χ2v) is 6.61. The van der Waals surface area contributed by atoms with E-state index in [0.29, 0.717) is 16.5 Å². The second-order valence-electron chi connectivity index (χ2n) is 6.61. The third kappa shape index (κ3) is 5.04. The summed E-state index contributed by atoms with van der Waals surface area (Å²) >= 11 is 0. The van der Waals surface area contributed by atoms with Gasteiger partial charge in [0, 0.05) is 12.0 Å². The van der Waals surface area contributed by atoms with Crippen LogP contribution in [0.5, 0.6) is 0 Å². The summed E-state index contributed by atoms with van der Waals surface area (Å²) in [6.45, 7) is 1.48. The smallest absolute Gasteiger partial charge is 0.251 e. The maximum Gasteiger partial charge on any atom is 0.251 e. The first-order valence-corrected chi connectivity index (χ1v) is 8.99. The Kier molecular flexibility index (Phi) is 6.01. The number of halogens is 2. The average molecular weight is 399 g/mol. The Balaban J connectivity index is 1.58. The van der Waals surface area contributed by atoms with Crippen molar-refractivity contribution in [1.29, 1.82) is 0 Å². The zero-order chi connectivity index (χ0) is 21.0. The number of nitrogens with one attached hydrogen (secondary N) is 3. The van der Waals surface area contributed by atoms with Gasteiger partial charge in [0.15, 0.2) is 0 Å². The number of anilines is 1. The molecular formula is C21H19F2N3O3. The van der Waals surface area contributed by atoms with E-state index in [2.05, 4.69) is 15.6 Å². The lowest BCUT2D eigenvalue weighted by molar-refractivity contribution is -0.126. The summed E-state index contributed by atoms with van der Waals surface area (Å²) in [5.41, 5.74) is 0.378. The lowest BCUT2D eigenvalue weighted by Crippen LogP contribution is -2.41. The molecule has 2 amide bonds. The molecule has 3 aromatic rings. The third-order valence-corrected chi connectivity index (χ3v) is 4.41. The van der Waals surface area contributed by atoms with Crippen LogP contribution in [0.2, 0.25) is 0 Å². The van der Waals surface area contributed by atoms with Crippen molar-refractivity contribution in [3.8, 4) is 0 Å². The van der Waals surface area contributed by atoms with Gasteiger partial charge in [0.25, 0.3) is 5.56 Å². The molecule has 0 bridgehead atoms. The Morgan fingerprint density at radius 2 is 1.86 bits per heavy atom. The van der Waals surface area contributed by atoms with E-state index in [1.54, 1.807) is 18.2 Å². The van der Waals surface area contributed by atoms with Crippen LogP contribution in [0.1, 0.15) is 18.9 Å². The van der Waals surface area contributed by atoms with E-state index >= 15 is 0 Å². The van der Waals surface area contributed by atoms with Crippen LogP contribution < -0.4 is 16.2 Å². The molecule has 0 spiro atoms. The zero-order valence-corrected chi connectivity index (χ0v) is 15.6. The lowest BCUT2D eigenvalue weighted by atomic mass is 10.1. The van der Waals surface area contributed by atoms with Gasteiger partial charge >= 0.3 is 0 Å². The van der Waals surface area contributed by atoms with E-state index in [1.807, 2.05) is 0 Å². The first-order chi connectivity index (χ1) is 13.8. The molecule has 1 aromatic heterocycles. The van der Waals surface area contributed by atoms with Crippen LogP contribution >= 0.6 is 0 Å². The number of carbonyl (C=O) groups is 2. The minimum atomic E-state index is -0.889. The number of carbonyl (C=O) groups excluding carboxylic acids is 2. The van der Waals surface area contributed by atoms with Crippen molar-refractivity contribution < 1.29 is 18.4 Å². The molecule has 2 aromatic carbocycles. The molecule has 1 unspecified atom stereocenters. The highest BCUT2D eigenvalue weighted by Crippen LogP contribution is 2.14. The lowest BCUT2D eigenvalue weighted by Gasteiger charge is -2.14. The highest BCUT2D eigenvalue weighted by molar-refractivity contribution is 5.97. The number of benzene rings is 2. The number of rotatable bonds is 6. The Bertz CT molecular complexity index is 1130. The summed E-state index contributed by atoms with van der Waals surface area (Å²) < 4.78 is 26.8. The van der Waals surface area contributed by atoms with Gasteiger partial charge in [-0.2, -0.15) is 0 Å². The van der Waals surface area contributed by atoms with Gasteiger partial charge < -0.3 is 15.6 Å². The Morgan fingerprint density at radius 3 is 2.62 bits per heavy atom. The number of aryl methyl sites for hydroxylation is 1. The van der Waals surface area contributed by atoms with Crippen molar-refractivity contribution in [3.05, 3.63) is 76.1 Å². The van der Waals surface area contributed by atoms with Crippen molar-refractivity contribution in [3.63, 3.8) is 0 Å². The van der Waals surface area contributed by atoms with E-state index in [-0.39, 0.29) is 18.5 Å². The number of para-hydroxylation sites is 1. The van der Waals surface area contributed by atoms with Crippen molar-refractivity contribution in [2.75, 3.05) is 5.32 Å². The van der Waals surface area contributed by atoms with Crippen LogP contribution in [0.4, 0.5) is 14.5 Å². The number of aromatic nitrogens is 1. The van der Waals surface area contributed by atoms with E-state index in [9.17, 15) is 23.2 Å². The summed E-state index contributed by atoms with van der Waals surface area (Å²) in [5, 5.41) is 5.58. The number of hydrogen-bond acceptors (Lipinski definition) is 3. The summed E-state index contributed by atoms with van der Waals surface area (Å²) in [4.78, 5) is 39.0. The molecular weight excluding hydrogens is 380 g/mol. The van der Waals surface area contributed by atoms with Gasteiger partial charge in [0.05, 0.1) is 11.2 Å². The summed E-state index contributed by atoms with van der Waals surface area (Å²) in [5.74, 6) is -2.02. The Morgan fingerprint density at radius 1 is 1.10 bits per heavy atom. The Hall–Kier alpha value is -3.55. The molecule has 8 heteroatoms. The molecule has 0 saturated heterocycles. The van der Waals surface area contributed by atoms with Gasteiger partial charge in [-0.3, -0.25) is 14.4 Å². The van der Waals surface area contributed by atoms with Crippen LogP contribution in [-0.4, -0.2) is 22.8 Å². The minimum Gasteiger partial charge on any atom is -0.345 e. The number of H-pyrrole nitrogens is 1. The molecule has 0 aliphatic carbocycles. The normalized spacial score (nSPS) is 11.8. The number of pyridine rings is 1. The monoisotopic (exact) mass is 399 g/mol. The van der Waals surface area contributed by atoms with Gasteiger partial charge in [-0.1, -0.05) is 12.1 Å². The fraction of sp³-hybridized carbons (Fsp3) is 0.190. The third-order valence-electron chi connectivity index (χ3n) is 4.41. The molecule has 150 valence electrons. The molecule has 6 nitrogen and oxygen atoms in total. The standard InChI is InChI=1S/C21H19F2N3O3/c1-12(20(28)25-17-5-3-2-4-16(17)23)24-19(27)9-7-14-10-13-6-8-15(22)11-18(13)26-21(14)29/h2-6,8,10-12H,7,9H2,1H3,(H,24,27)(H,25,28)(H,26,29). The van der Waals surface area contributed by atoms with Crippen molar-refractivity contribution in [1.82, 2.24) is 10.3 Å². The van der Waals surface area contributed by atoms with Crippen molar-refractivity contribution in [2.24, 2.45) is 0 Å². The SMILES string of the molecule is CC(NC(=O)CCc1cc2ccc(F)cc2[nH]c1=O)C(=O)Nc1ccccc1F. The molecule has 1 heterocycles. The van der Waals surface area contributed by atoms with Gasteiger partial charge in [-0.15, -0.1) is 0 Å². The predicted molar refractivity (Wildman–Crippen MR) is 105 cm³/mol. The molecule has 0 radical (unpaired) electrons. The zero-order valence-electron chi connectivity index (χ0n) is 15.6. The highest BCUT2D eigenvalue weighted by atomic mass is 19.1. The maximum atomic E-state index is 13.6. The van der Waals surface area contributed by atoms with Crippen LogP contribution in [0.15, 0.2) is 53.3 Å². The molecule has 0 saturated carbocycles. The first-order valence-electron chi connectivity index (χ1n) is 8.99. The summed E-state index contributed by atoms with van der Waals surface area (Å²) in [6, 6.07) is 10.5. The molecule has 0 fully saturated rings. The average Bonchev–Trinajstić information content (AvgIpc) is 2.68. The minimum absolute atomic E-state index is 0.0207. The van der Waals surface area contributed by atoms with Gasteiger partial charge in [-0.05, 0) is 55.1 Å². The van der Waals surface area contributed by atoms with Crippen LogP contribution in [0.3, 0.4) is 0 Å². The molecule has 3 N–H and O–H groups in total. The number of amides is 2. The quantitative estimate of drug-likeness (QED) is 0.595. The molecule has 0 aliphatic rings. The van der Waals surface area contributed by atoms with Crippen molar-refractivity contribution in [2.45, 2.75) is 25.8 Å². The van der Waals surface area contributed by atoms with E-state index in [0.717, 1.165) is 0 Å². The topological polar surface area (TPSA) is 91.1 Å². The van der Waals surface area contributed by atoms with Gasteiger partial charge in [0.1, 0.15) is 17.7 Å². The van der Waals surface area contributed by atoms with Gasteiger partial charge in [0.2, 0.25) is 11.8 Å². The van der Waals surface area contributed by atoms with E-state index < -0.39 is 35.0 Å². The van der Waals surface area contributed by atoms with Crippen LogP contribution in [0, 0.1) is 11.6 Å². The van der Waals surface area contributed by atoms with Crippen molar-refractivity contribution >= 4 is 28.4 Å². The first kappa shape index (κ1) is 20.2. The fourth-order valence-electron chi connectivity index (χ4n) is 2.84. The largest absolute Gasteiger partial charge is 0.345 e. The number of fused-ring (bicyclic) bond motifs is 1. The Labute approximate surface area is 164 Å². The van der Waals surface area contributed by atoms with Crippen LogP contribution in [-0.2, 0) is 16.0 Å². The summed E-state index contributed by atoms with van der Waals surface area (Å²) in [7, 11) is 0. The maximum absolute atomic E-state index is 13.6.